The van der Waals surface area contributed by atoms with Crippen molar-refractivity contribution in [1.82, 2.24) is 19.4 Å². The lowest BCUT2D eigenvalue weighted by Crippen LogP contribution is -2.47. The number of H-pyrrole nitrogens is 1. The van der Waals surface area contributed by atoms with Crippen molar-refractivity contribution >= 4 is 17.1 Å². The Balaban J connectivity index is 1.72. The molecule has 3 heterocycles. The number of fused-ring (bicyclic) bond motifs is 1. The maximum absolute atomic E-state index is 12.7. The lowest BCUT2D eigenvalue weighted by molar-refractivity contribution is -0.147. The maximum atomic E-state index is 12.7. The number of piperidine rings is 1. The fourth-order valence-corrected chi connectivity index (χ4v) is 3.55. The first-order chi connectivity index (χ1) is 12.0. The van der Waals surface area contributed by atoms with Crippen LogP contribution in [0.2, 0.25) is 0 Å². The van der Waals surface area contributed by atoms with Gasteiger partial charge in [0.25, 0.3) is 5.91 Å². The van der Waals surface area contributed by atoms with Gasteiger partial charge >= 0.3 is 5.69 Å². The predicted molar refractivity (Wildman–Crippen MR) is 95.5 cm³/mol. The van der Waals surface area contributed by atoms with Gasteiger partial charge in [-0.15, -0.1) is 0 Å². The van der Waals surface area contributed by atoms with E-state index >= 15 is 0 Å². The molecule has 25 heavy (non-hydrogen) atoms. The van der Waals surface area contributed by atoms with Gasteiger partial charge in [0.1, 0.15) is 6.10 Å². The lowest BCUT2D eigenvalue weighted by Gasteiger charge is -2.35. The summed E-state index contributed by atoms with van der Waals surface area (Å²) >= 11 is 0. The van der Waals surface area contributed by atoms with Crippen molar-refractivity contribution in [3.8, 4) is 0 Å². The number of amides is 1. The van der Waals surface area contributed by atoms with E-state index < -0.39 is 0 Å². The van der Waals surface area contributed by atoms with E-state index in [1.807, 2.05) is 37.8 Å². The van der Waals surface area contributed by atoms with E-state index in [0.717, 1.165) is 18.4 Å². The summed E-state index contributed by atoms with van der Waals surface area (Å²) in [6, 6.07) is 3.72. The zero-order valence-electron chi connectivity index (χ0n) is 15.1. The number of likely N-dealkylation sites (tertiary alicyclic amines) is 1. The van der Waals surface area contributed by atoms with Gasteiger partial charge in [-0.1, -0.05) is 13.8 Å². The molecule has 0 saturated carbocycles. The highest BCUT2D eigenvalue weighted by molar-refractivity contribution is 5.81. The molecule has 0 aliphatic carbocycles. The Bertz CT molecular complexity index is 787. The molecular formula is C18H26N4O3. The maximum Gasteiger partial charge on any atom is 0.327 e. The smallest absolute Gasteiger partial charge is 0.327 e. The second-order valence-electron chi connectivity index (χ2n) is 6.85. The third-order valence-electron chi connectivity index (χ3n) is 4.81. The summed E-state index contributed by atoms with van der Waals surface area (Å²) in [5, 5.41) is 0. The minimum atomic E-state index is -0.390. The number of carbonyl (C=O) groups is 1. The van der Waals surface area contributed by atoms with Gasteiger partial charge in [0.15, 0.2) is 5.65 Å². The summed E-state index contributed by atoms with van der Waals surface area (Å²) in [6.07, 6.45) is 2.79. The van der Waals surface area contributed by atoms with Crippen LogP contribution in [0.1, 0.15) is 39.7 Å². The number of carbonyl (C=O) groups excluding carboxylic acids is 1. The van der Waals surface area contributed by atoms with Crippen LogP contribution >= 0.6 is 0 Å². The summed E-state index contributed by atoms with van der Waals surface area (Å²) in [6.45, 7) is 7.70. The molecule has 7 nitrogen and oxygen atoms in total. The minimum Gasteiger partial charge on any atom is -0.368 e. The molecule has 3 rings (SSSR count). The molecule has 136 valence electrons. The van der Waals surface area contributed by atoms with Gasteiger partial charge in [-0.05, 0) is 37.8 Å². The predicted octanol–water partition coefficient (Wildman–Crippen LogP) is 1.95. The molecular weight excluding hydrogens is 320 g/mol. The van der Waals surface area contributed by atoms with Crippen molar-refractivity contribution in [1.29, 1.82) is 0 Å². The molecule has 1 N–H and O–H groups in total. The number of ether oxygens (including phenoxy) is 1. The molecule has 1 amide bonds. The molecule has 0 bridgehead atoms. The quantitative estimate of drug-likeness (QED) is 0.897. The monoisotopic (exact) mass is 346 g/mol. The Hall–Kier alpha value is -2.15. The first kappa shape index (κ1) is 17.7. The van der Waals surface area contributed by atoms with Gasteiger partial charge in [0.2, 0.25) is 0 Å². The number of nitrogens with one attached hydrogen (secondary N) is 1. The standard InChI is InChI=1S/C18H26N4O3/c1-4-25-15(12(2)3)17(23)21-10-7-13(8-11-21)22-16-14(20-18(22)24)6-5-9-19-16/h5-6,9,12-13,15H,4,7-8,10-11H2,1-3H3,(H,20,24). The Morgan fingerprint density at radius 1 is 1.40 bits per heavy atom. The van der Waals surface area contributed by atoms with Crippen molar-refractivity contribution < 1.29 is 9.53 Å². The number of aromatic nitrogens is 3. The fraction of sp³-hybridized carbons (Fsp3) is 0.611. The number of rotatable bonds is 5. The second kappa shape index (κ2) is 7.39. The first-order valence-electron chi connectivity index (χ1n) is 8.98. The molecule has 0 spiro atoms. The van der Waals surface area contributed by atoms with Crippen LogP contribution in [-0.4, -0.2) is 51.1 Å². The lowest BCUT2D eigenvalue weighted by atomic mass is 10.0. The highest BCUT2D eigenvalue weighted by Gasteiger charge is 2.31. The van der Waals surface area contributed by atoms with Gasteiger partial charge in [-0.3, -0.25) is 9.36 Å². The van der Waals surface area contributed by atoms with Crippen molar-refractivity contribution in [2.24, 2.45) is 5.92 Å². The molecule has 1 aliphatic heterocycles. The molecule has 2 aromatic rings. The Labute approximate surface area is 147 Å². The van der Waals surface area contributed by atoms with Crippen LogP contribution in [0, 0.1) is 5.92 Å². The highest BCUT2D eigenvalue weighted by atomic mass is 16.5. The van der Waals surface area contributed by atoms with Gasteiger partial charge < -0.3 is 14.6 Å². The zero-order valence-corrected chi connectivity index (χ0v) is 15.1. The fourth-order valence-electron chi connectivity index (χ4n) is 3.55. The summed E-state index contributed by atoms with van der Waals surface area (Å²) in [5.74, 6) is 0.199. The summed E-state index contributed by atoms with van der Waals surface area (Å²) in [7, 11) is 0. The zero-order chi connectivity index (χ0) is 18.0. The van der Waals surface area contributed by atoms with Crippen molar-refractivity contribution in [2.75, 3.05) is 19.7 Å². The van der Waals surface area contributed by atoms with Crippen LogP contribution in [0.4, 0.5) is 0 Å². The van der Waals surface area contributed by atoms with E-state index in [1.165, 1.54) is 0 Å². The van der Waals surface area contributed by atoms with E-state index in [1.54, 1.807) is 10.8 Å². The van der Waals surface area contributed by atoms with Gasteiger partial charge in [0, 0.05) is 31.9 Å². The van der Waals surface area contributed by atoms with Crippen molar-refractivity contribution in [2.45, 2.75) is 45.8 Å². The first-order valence-corrected chi connectivity index (χ1v) is 8.98. The molecule has 0 aromatic carbocycles. The average Bonchev–Trinajstić information content (AvgIpc) is 2.94. The third-order valence-corrected chi connectivity index (χ3v) is 4.81. The molecule has 1 fully saturated rings. The number of pyridine rings is 1. The van der Waals surface area contributed by atoms with Crippen molar-refractivity contribution in [3.63, 3.8) is 0 Å². The molecule has 7 heteroatoms. The molecule has 1 unspecified atom stereocenters. The Kier molecular flexibility index (Phi) is 5.22. The van der Waals surface area contributed by atoms with Crippen LogP contribution in [0.25, 0.3) is 11.2 Å². The minimum absolute atomic E-state index is 0.0553. The summed E-state index contributed by atoms with van der Waals surface area (Å²) in [5.41, 5.74) is 1.31. The number of hydrogen-bond donors (Lipinski definition) is 1. The van der Waals surface area contributed by atoms with Crippen LogP contribution in [0.15, 0.2) is 23.1 Å². The Morgan fingerprint density at radius 3 is 2.76 bits per heavy atom. The van der Waals surface area contributed by atoms with Crippen LogP contribution in [0.5, 0.6) is 0 Å². The van der Waals surface area contributed by atoms with E-state index in [2.05, 4.69) is 9.97 Å². The number of aromatic amines is 1. The number of imidazole rings is 1. The summed E-state index contributed by atoms with van der Waals surface area (Å²) < 4.78 is 7.37. The van der Waals surface area contributed by atoms with Crippen molar-refractivity contribution in [3.05, 3.63) is 28.8 Å². The molecule has 0 radical (unpaired) electrons. The third kappa shape index (κ3) is 3.46. The van der Waals surface area contributed by atoms with E-state index in [9.17, 15) is 9.59 Å². The SMILES string of the molecule is CCOC(C(=O)N1CCC(n2c(=O)[nH]c3cccnc32)CC1)C(C)C. The number of hydrogen-bond acceptors (Lipinski definition) is 4. The van der Waals surface area contributed by atoms with Crippen LogP contribution < -0.4 is 5.69 Å². The summed E-state index contributed by atoms with van der Waals surface area (Å²) in [4.78, 5) is 34.1. The highest BCUT2D eigenvalue weighted by Crippen LogP contribution is 2.25. The van der Waals surface area contributed by atoms with Gasteiger partial charge in [-0.25, -0.2) is 9.78 Å². The normalized spacial score (nSPS) is 17.4. The Morgan fingerprint density at radius 2 is 2.12 bits per heavy atom. The van der Waals surface area contributed by atoms with Crippen LogP contribution in [-0.2, 0) is 9.53 Å². The average molecular weight is 346 g/mol. The largest absolute Gasteiger partial charge is 0.368 e. The second-order valence-corrected chi connectivity index (χ2v) is 6.85. The van der Waals surface area contributed by atoms with E-state index in [-0.39, 0.29) is 29.7 Å². The molecule has 1 saturated heterocycles. The molecule has 1 aliphatic rings. The van der Waals surface area contributed by atoms with Gasteiger partial charge in [0.05, 0.1) is 5.52 Å². The van der Waals surface area contributed by atoms with E-state index in [0.29, 0.717) is 25.3 Å². The molecule has 1 atom stereocenters. The van der Waals surface area contributed by atoms with Crippen LogP contribution in [0.3, 0.4) is 0 Å². The van der Waals surface area contributed by atoms with Gasteiger partial charge in [-0.2, -0.15) is 0 Å². The topological polar surface area (TPSA) is 80.2 Å². The molecule has 2 aromatic heterocycles. The number of nitrogens with zero attached hydrogens (tertiary/aromatic N) is 3. The van der Waals surface area contributed by atoms with E-state index in [4.69, 9.17) is 4.74 Å².